The standard InChI is InChI=1S/C34H60O3Si2/c1-24(23-35)29-18-19-30-26(15-14-20-34(29,30)9)16-17-27-21-28(36-38(10,11)32(3,4)5)22-31(25(27)2)37-39(12,13)33(6,7)8/h16-17,23-24,28-31H,2,14-15,18-22H2,1,3-13H3/b26-16+,27-17-/t24-,28-,29-,30?,31+,34-/m1/s1. The Kier molecular flexibility index (Phi) is 9.65. The van der Waals surface area contributed by atoms with Crippen molar-refractivity contribution in [1.82, 2.24) is 0 Å². The molecule has 5 heteroatoms. The van der Waals surface area contributed by atoms with E-state index in [-0.39, 0.29) is 33.6 Å². The third kappa shape index (κ3) is 6.84. The lowest BCUT2D eigenvalue weighted by atomic mass is 9.61. The monoisotopic (exact) mass is 572 g/mol. The van der Waals surface area contributed by atoms with E-state index in [1.165, 1.54) is 44.0 Å². The summed E-state index contributed by atoms with van der Waals surface area (Å²) in [5, 5.41) is 0.323. The second-order valence-corrected chi connectivity index (χ2v) is 25.9. The molecule has 1 unspecified atom stereocenters. The molecule has 0 aromatic rings. The van der Waals surface area contributed by atoms with E-state index in [9.17, 15) is 4.79 Å². The minimum absolute atomic E-state index is 0.0139. The Labute approximate surface area is 243 Å². The van der Waals surface area contributed by atoms with E-state index in [0.29, 0.717) is 11.8 Å². The molecule has 222 valence electrons. The van der Waals surface area contributed by atoms with E-state index in [2.05, 4.69) is 100 Å². The van der Waals surface area contributed by atoms with Gasteiger partial charge in [-0.15, -0.1) is 0 Å². The van der Waals surface area contributed by atoms with E-state index in [1.807, 2.05) is 0 Å². The topological polar surface area (TPSA) is 35.5 Å². The normalized spacial score (nSPS) is 33.9. The molecule has 0 N–H and O–H groups in total. The molecule has 0 aromatic carbocycles. The fourth-order valence-corrected chi connectivity index (χ4v) is 9.67. The largest absolute Gasteiger partial charge is 0.413 e. The van der Waals surface area contributed by atoms with Crippen molar-refractivity contribution in [2.45, 2.75) is 149 Å². The van der Waals surface area contributed by atoms with E-state index in [1.54, 1.807) is 5.57 Å². The molecule has 3 saturated carbocycles. The van der Waals surface area contributed by atoms with Gasteiger partial charge in [0.15, 0.2) is 16.6 Å². The molecule has 0 saturated heterocycles. The third-order valence-electron chi connectivity index (χ3n) is 11.6. The molecule has 3 aliphatic carbocycles. The van der Waals surface area contributed by atoms with Crippen molar-refractivity contribution in [2.24, 2.45) is 23.2 Å². The highest BCUT2D eigenvalue weighted by Crippen LogP contribution is 2.59. The van der Waals surface area contributed by atoms with Gasteiger partial charge in [0.1, 0.15) is 6.29 Å². The van der Waals surface area contributed by atoms with E-state index < -0.39 is 16.6 Å². The Morgan fingerprint density at radius 2 is 1.56 bits per heavy atom. The lowest BCUT2D eigenvalue weighted by molar-refractivity contribution is -0.113. The van der Waals surface area contributed by atoms with Crippen molar-refractivity contribution < 1.29 is 13.6 Å². The van der Waals surface area contributed by atoms with Crippen LogP contribution in [0.15, 0.2) is 35.5 Å². The zero-order chi connectivity index (χ0) is 29.6. The Hall–Kier alpha value is -0.756. The molecular weight excluding hydrogens is 513 g/mol. The van der Waals surface area contributed by atoms with Gasteiger partial charge in [-0.1, -0.05) is 79.7 Å². The number of rotatable bonds is 7. The summed E-state index contributed by atoms with van der Waals surface area (Å²) in [6.45, 7) is 32.6. The van der Waals surface area contributed by atoms with Gasteiger partial charge in [0.2, 0.25) is 0 Å². The molecule has 6 atom stereocenters. The van der Waals surface area contributed by atoms with Crippen LogP contribution >= 0.6 is 0 Å². The minimum Gasteiger partial charge on any atom is -0.413 e. The summed E-state index contributed by atoms with van der Waals surface area (Å²) in [5.41, 5.74) is 4.29. The summed E-state index contributed by atoms with van der Waals surface area (Å²) in [7, 11) is -3.89. The summed E-state index contributed by atoms with van der Waals surface area (Å²) in [5.74, 6) is 1.24. The minimum atomic E-state index is -1.97. The van der Waals surface area contributed by atoms with Crippen LogP contribution in [0.4, 0.5) is 0 Å². The average molecular weight is 573 g/mol. The van der Waals surface area contributed by atoms with Crippen LogP contribution < -0.4 is 0 Å². The zero-order valence-electron chi connectivity index (χ0n) is 27.5. The number of carbonyl (C=O) groups excluding carboxylic acids is 1. The number of hydrogen-bond donors (Lipinski definition) is 0. The number of hydrogen-bond acceptors (Lipinski definition) is 3. The van der Waals surface area contributed by atoms with Gasteiger partial charge < -0.3 is 13.6 Å². The maximum absolute atomic E-state index is 11.7. The fourth-order valence-electron chi connectivity index (χ4n) is 7.00. The lowest BCUT2D eigenvalue weighted by Gasteiger charge is -2.45. The van der Waals surface area contributed by atoms with Crippen LogP contribution in [-0.2, 0) is 13.6 Å². The van der Waals surface area contributed by atoms with Crippen molar-refractivity contribution in [3.8, 4) is 0 Å². The van der Waals surface area contributed by atoms with Crippen molar-refractivity contribution in [1.29, 1.82) is 0 Å². The van der Waals surface area contributed by atoms with E-state index in [0.717, 1.165) is 18.4 Å². The van der Waals surface area contributed by atoms with Crippen LogP contribution in [0.25, 0.3) is 0 Å². The first kappa shape index (κ1) is 32.8. The maximum Gasteiger partial charge on any atom is 0.192 e. The maximum atomic E-state index is 11.7. The second-order valence-electron chi connectivity index (χ2n) is 16.4. The molecular formula is C34H60O3Si2. The Bertz CT molecular complexity index is 977. The molecule has 3 nitrogen and oxygen atoms in total. The smallest absolute Gasteiger partial charge is 0.192 e. The number of fused-ring (bicyclic) bond motifs is 1. The van der Waals surface area contributed by atoms with Crippen molar-refractivity contribution in [3.05, 3.63) is 35.5 Å². The Morgan fingerprint density at radius 1 is 0.974 bits per heavy atom. The van der Waals surface area contributed by atoms with Crippen LogP contribution in [0.2, 0.25) is 36.3 Å². The highest BCUT2D eigenvalue weighted by molar-refractivity contribution is 6.74. The fraction of sp³-hybridized carbons (Fsp3) is 0.794. The van der Waals surface area contributed by atoms with Crippen LogP contribution in [0.1, 0.15) is 100 Å². The van der Waals surface area contributed by atoms with Crippen LogP contribution in [0.5, 0.6) is 0 Å². The summed E-state index contributed by atoms with van der Waals surface area (Å²) in [4.78, 5) is 11.7. The van der Waals surface area contributed by atoms with Gasteiger partial charge in [0.25, 0.3) is 0 Å². The van der Waals surface area contributed by atoms with Gasteiger partial charge in [-0.3, -0.25) is 0 Å². The van der Waals surface area contributed by atoms with Gasteiger partial charge in [0.05, 0.1) is 12.2 Å². The van der Waals surface area contributed by atoms with Crippen LogP contribution in [0, 0.1) is 23.2 Å². The van der Waals surface area contributed by atoms with Gasteiger partial charge in [-0.2, -0.15) is 0 Å². The molecule has 3 fully saturated rings. The molecule has 0 aliphatic heterocycles. The Balaban J connectivity index is 1.93. The van der Waals surface area contributed by atoms with Gasteiger partial charge in [0, 0.05) is 12.3 Å². The first-order valence-electron chi connectivity index (χ1n) is 15.6. The molecule has 0 heterocycles. The lowest BCUT2D eigenvalue weighted by Crippen LogP contribution is -2.49. The summed E-state index contributed by atoms with van der Waals surface area (Å²) < 4.78 is 14.0. The summed E-state index contributed by atoms with van der Waals surface area (Å²) in [6.07, 6.45) is 14.0. The molecule has 0 bridgehead atoms. The van der Waals surface area contributed by atoms with E-state index in [4.69, 9.17) is 8.85 Å². The third-order valence-corrected chi connectivity index (χ3v) is 20.6. The van der Waals surface area contributed by atoms with Gasteiger partial charge in [-0.25, -0.2) is 0 Å². The molecule has 3 rings (SSSR count). The number of carbonyl (C=O) groups is 1. The van der Waals surface area contributed by atoms with Crippen molar-refractivity contribution in [3.63, 3.8) is 0 Å². The Morgan fingerprint density at radius 3 is 2.13 bits per heavy atom. The average Bonchev–Trinajstić information content (AvgIpc) is 3.15. The molecule has 3 aliphatic rings. The van der Waals surface area contributed by atoms with Crippen LogP contribution in [-0.4, -0.2) is 35.1 Å². The highest BCUT2D eigenvalue weighted by atomic mass is 28.4. The second kappa shape index (κ2) is 11.5. The molecule has 0 radical (unpaired) electrons. The summed E-state index contributed by atoms with van der Waals surface area (Å²) in [6, 6.07) is 0. The predicted molar refractivity (Wildman–Crippen MR) is 172 cm³/mol. The number of aldehydes is 1. The van der Waals surface area contributed by atoms with Crippen molar-refractivity contribution >= 4 is 22.9 Å². The first-order chi connectivity index (χ1) is 17.7. The first-order valence-corrected chi connectivity index (χ1v) is 21.4. The van der Waals surface area contributed by atoms with Gasteiger partial charge >= 0.3 is 0 Å². The summed E-state index contributed by atoms with van der Waals surface area (Å²) >= 11 is 0. The molecule has 0 spiro atoms. The van der Waals surface area contributed by atoms with E-state index >= 15 is 0 Å². The predicted octanol–water partition coefficient (Wildman–Crippen LogP) is 10.0. The van der Waals surface area contributed by atoms with Gasteiger partial charge in [-0.05, 0) is 103 Å². The molecule has 0 aromatic heterocycles. The molecule has 39 heavy (non-hydrogen) atoms. The highest BCUT2D eigenvalue weighted by Gasteiger charge is 2.51. The quantitative estimate of drug-likeness (QED) is 0.225. The number of allylic oxidation sites excluding steroid dienone is 3. The zero-order valence-corrected chi connectivity index (χ0v) is 29.5. The van der Waals surface area contributed by atoms with Crippen molar-refractivity contribution in [2.75, 3.05) is 0 Å². The SMILES string of the molecule is C=C1/C(=C\C=C2/CCC[C@@]3(C)C2CC[C@@H]3[C@H](C)C=O)C[C@@H](O[Si](C)(C)C(C)(C)C)C[C@@H]1O[Si](C)(C)C(C)(C)C. The molecule has 0 amide bonds. The van der Waals surface area contributed by atoms with Crippen LogP contribution in [0.3, 0.4) is 0 Å².